The number of halogens is 2. The van der Waals surface area contributed by atoms with E-state index in [1.54, 1.807) is 6.20 Å². The average Bonchev–Trinajstić information content (AvgIpc) is 2.30. The Labute approximate surface area is 81.0 Å². The summed E-state index contributed by atoms with van der Waals surface area (Å²) in [6.45, 7) is 0. The molecular weight excluding hydrogens is 274 g/mol. The number of fused-ring (bicyclic) bond motifs is 1. The summed E-state index contributed by atoms with van der Waals surface area (Å²) < 4.78 is 15.0. The van der Waals surface area contributed by atoms with Gasteiger partial charge in [0.2, 0.25) is 0 Å². The lowest BCUT2D eigenvalue weighted by Crippen LogP contribution is -1.85. The second-order valence-electron chi connectivity index (χ2n) is 2.34. The topological polar surface area (TPSA) is 37.5 Å². The Bertz CT molecular complexity index is 401. The number of hydrogen-bond donors (Lipinski definition) is 1. The minimum absolute atomic E-state index is 0.371. The van der Waals surface area contributed by atoms with Gasteiger partial charge in [0.25, 0.3) is 0 Å². The van der Waals surface area contributed by atoms with Crippen LogP contribution in [0.1, 0.15) is 0 Å². The SMILES string of the molecule is Oc1cc2nc(I)cn2cc1F. The first kappa shape index (κ1) is 7.78. The summed E-state index contributed by atoms with van der Waals surface area (Å²) in [6, 6.07) is 1.29. The highest BCUT2D eigenvalue weighted by atomic mass is 127. The molecule has 5 heteroatoms. The van der Waals surface area contributed by atoms with Crippen LogP contribution in [-0.2, 0) is 0 Å². The Hall–Kier alpha value is -0.850. The van der Waals surface area contributed by atoms with E-state index >= 15 is 0 Å². The maximum absolute atomic E-state index is 12.8. The molecule has 2 heterocycles. The van der Waals surface area contributed by atoms with Crippen LogP contribution in [0.25, 0.3) is 5.65 Å². The minimum Gasteiger partial charge on any atom is -0.505 e. The van der Waals surface area contributed by atoms with Crippen LogP contribution in [0.15, 0.2) is 18.5 Å². The molecule has 0 aliphatic carbocycles. The summed E-state index contributed by atoms with van der Waals surface area (Å²) in [6.07, 6.45) is 2.87. The van der Waals surface area contributed by atoms with E-state index in [1.807, 2.05) is 22.6 Å². The molecule has 0 radical (unpaired) electrons. The number of aromatic hydroxyl groups is 1. The van der Waals surface area contributed by atoms with Gasteiger partial charge in [-0.1, -0.05) is 0 Å². The summed E-state index contributed by atoms with van der Waals surface area (Å²) in [4.78, 5) is 4.04. The Balaban J connectivity index is 2.83. The minimum atomic E-state index is -0.642. The van der Waals surface area contributed by atoms with Gasteiger partial charge in [-0.15, -0.1) is 0 Å². The number of rotatable bonds is 0. The molecule has 62 valence electrons. The summed E-state index contributed by atoms with van der Waals surface area (Å²) in [5.41, 5.74) is 0.540. The summed E-state index contributed by atoms with van der Waals surface area (Å²) in [5.74, 6) is -1.01. The van der Waals surface area contributed by atoms with Crippen molar-refractivity contribution < 1.29 is 9.50 Å². The van der Waals surface area contributed by atoms with Crippen molar-refractivity contribution in [2.45, 2.75) is 0 Å². The molecule has 3 nitrogen and oxygen atoms in total. The van der Waals surface area contributed by atoms with Crippen molar-refractivity contribution in [3.8, 4) is 5.75 Å². The van der Waals surface area contributed by atoms with Crippen LogP contribution >= 0.6 is 22.6 Å². The predicted molar refractivity (Wildman–Crippen MR) is 49.5 cm³/mol. The van der Waals surface area contributed by atoms with E-state index in [1.165, 1.54) is 16.7 Å². The van der Waals surface area contributed by atoms with E-state index in [2.05, 4.69) is 4.98 Å². The Morgan fingerprint density at radius 3 is 3.00 bits per heavy atom. The molecule has 0 fully saturated rings. The molecule has 0 aromatic carbocycles. The predicted octanol–water partition coefficient (Wildman–Crippen LogP) is 1.78. The Kier molecular flexibility index (Phi) is 1.67. The smallest absolute Gasteiger partial charge is 0.181 e. The third-order valence-electron chi connectivity index (χ3n) is 1.49. The second-order valence-corrected chi connectivity index (χ2v) is 3.44. The van der Waals surface area contributed by atoms with E-state index in [0.717, 1.165) is 3.70 Å². The maximum Gasteiger partial charge on any atom is 0.181 e. The fourth-order valence-corrected chi connectivity index (χ4v) is 1.51. The van der Waals surface area contributed by atoms with Crippen LogP contribution in [0.4, 0.5) is 4.39 Å². The quantitative estimate of drug-likeness (QED) is 0.746. The zero-order chi connectivity index (χ0) is 8.72. The van der Waals surface area contributed by atoms with Crippen molar-refractivity contribution in [1.29, 1.82) is 0 Å². The molecule has 12 heavy (non-hydrogen) atoms. The molecular formula is C7H4FIN2O. The number of aromatic nitrogens is 2. The highest BCUT2D eigenvalue weighted by Crippen LogP contribution is 2.17. The monoisotopic (exact) mass is 278 g/mol. The van der Waals surface area contributed by atoms with Crippen molar-refractivity contribution in [3.05, 3.63) is 28.0 Å². The molecule has 0 amide bonds. The lowest BCUT2D eigenvalue weighted by molar-refractivity contribution is 0.430. The fourth-order valence-electron chi connectivity index (χ4n) is 0.967. The highest BCUT2D eigenvalue weighted by Gasteiger charge is 2.04. The maximum atomic E-state index is 12.8. The van der Waals surface area contributed by atoms with Crippen molar-refractivity contribution in [2.24, 2.45) is 0 Å². The average molecular weight is 278 g/mol. The second kappa shape index (κ2) is 2.58. The zero-order valence-corrected chi connectivity index (χ0v) is 7.99. The van der Waals surface area contributed by atoms with Gasteiger partial charge >= 0.3 is 0 Å². The van der Waals surface area contributed by atoms with Gasteiger partial charge in [-0.05, 0) is 22.6 Å². The third kappa shape index (κ3) is 1.13. The van der Waals surface area contributed by atoms with Gasteiger partial charge in [0.05, 0.1) is 6.20 Å². The van der Waals surface area contributed by atoms with Gasteiger partial charge in [-0.2, -0.15) is 0 Å². The number of imidazole rings is 1. The van der Waals surface area contributed by atoms with Gasteiger partial charge in [-0.25, -0.2) is 9.37 Å². The first-order chi connectivity index (χ1) is 5.66. The summed E-state index contributed by atoms with van der Waals surface area (Å²) in [7, 11) is 0. The molecule has 0 aliphatic rings. The van der Waals surface area contributed by atoms with Crippen molar-refractivity contribution in [2.75, 3.05) is 0 Å². The molecule has 2 rings (SSSR count). The normalized spacial score (nSPS) is 10.8. The summed E-state index contributed by atoms with van der Waals surface area (Å²) >= 11 is 2.02. The lowest BCUT2D eigenvalue weighted by Gasteiger charge is -1.95. The van der Waals surface area contributed by atoms with Crippen LogP contribution in [0.2, 0.25) is 0 Å². The Morgan fingerprint density at radius 2 is 2.25 bits per heavy atom. The van der Waals surface area contributed by atoms with E-state index in [-0.39, 0.29) is 5.75 Å². The van der Waals surface area contributed by atoms with E-state index in [4.69, 9.17) is 5.11 Å². The van der Waals surface area contributed by atoms with Crippen LogP contribution in [-0.4, -0.2) is 14.5 Å². The molecule has 1 N–H and O–H groups in total. The van der Waals surface area contributed by atoms with Crippen LogP contribution < -0.4 is 0 Å². The van der Waals surface area contributed by atoms with Crippen molar-refractivity contribution in [1.82, 2.24) is 9.38 Å². The lowest BCUT2D eigenvalue weighted by atomic mass is 10.4. The van der Waals surface area contributed by atoms with Gasteiger partial charge in [0, 0.05) is 12.3 Å². The fraction of sp³-hybridized carbons (Fsp3) is 0. The standard InChI is InChI=1S/C7H4FIN2O/c8-4-2-11-3-6(9)10-7(11)1-5(4)12/h1-3,12H. The first-order valence-electron chi connectivity index (χ1n) is 3.19. The van der Waals surface area contributed by atoms with Gasteiger partial charge in [0.15, 0.2) is 11.6 Å². The van der Waals surface area contributed by atoms with Crippen LogP contribution in [0.3, 0.4) is 0 Å². The Morgan fingerprint density at radius 1 is 1.50 bits per heavy atom. The molecule has 0 unspecified atom stereocenters. The summed E-state index contributed by atoms with van der Waals surface area (Å²) in [5, 5.41) is 9.00. The zero-order valence-electron chi connectivity index (χ0n) is 5.83. The van der Waals surface area contributed by atoms with E-state index in [0.29, 0.717) is 5.65 Å². The molecule has 0 bridgehead atoms. The number of pyridine rings is 1. The van der Waals surface area contributed by atoms with Gasteiger partial charge in [-0.3, -0.25) is 0 Å². The molecule has 0 aliphatic heterocycles. The van der Waals surface area contributed by atoms with Crippen LogP contribution in [0.5, 0.6) is 5.75 Å². The van der Waals surface area contributed by atoms with Gasteiger partial charge < -0.3 is 9.51 Å². The largest absolute Gasteiger partial charge is 0.505 e. The highest BCUT2D eigenvalue weighted by molar-refractivity contribution is 14.1. The molecule has 2 aromatic rings. The number of hydrogen-bond acceptors (Lipinski definition) is 2. The molecule has 0 spiro atoms. The molecule has 0 saturated carbocycles. The first-order valence-corrected chi connectivity index (χ1v) is 4.27. The number of nitrogens with zero attached hydrogens (tertiary/aromatic N) is 2. The molecule has 0 atom stereocenters. The van der Waals surface area contributed by atoms with Crippen molar-refractivity contribution in [3.63, 3.8) is 0 Å². The van der Waals surface area contributed by atoms with Crippen molar-refractivity contribution >= 4 is 28.2 Å². The molecule has 2 aromatic heterocycles. The van der Waals surface area contributed by atoms with E-state index < -0.39 is 5.82 Å². The van der Waals surface area contributed by atoms with Gasteiger partial charge in [0.1, 0.15) is 9.35 Å². The van der Waals surface area contributed by atoms with E-state index in [9.17, 15) is 4.39 Å². The molecule has 0 saturated heterocycles. The third-order valence-corrected chi connectivity index (χ3v) is 2.01. The van der Waals surface area contributed by atoms with Crippen LogP contribution in [0, 0.1) is 9.52 Å².